The van der Waals surface area contributed by atoms with Crippen LogP contribution in [0.5, 0.6) is 0 Å². The monoisotopic (exact) mass is 196 g/mol. The minimum absolute atomic E-state index is 1.17. The highest BCUT2D eigenvalue weighted by Gasteiger charge is 1.92. The van der Waals surface area contributed by atoms with Crippen LogP contribution in [0.15, 0.2) is 36.5 Å². The molecule has 0 radical (unpaired) electrons. The van der Waals surface area contributed by atoms with Crippen LogP contribution < -0.4 is 0 Å². The van der Waals surface area contributed by atoms with Gasteiger partial charge >= 0.3 is 8.69 Å². The van der Waals surface area contributed by atoms with E-state index < -0.39 is 8.69 Å². The van der Waals surface area contributed by atoms with Gasteiger partial charge in [-0.2, -0.15) is 4.89 Å². The highest BCUT2D eigenvalue weighted by molar-refractivity contribution is 7.16. The predicted molar refractivity (Wildman–Crippen MR) is 54.1 cm³/mol. The van der Waals surface area contributed by atoms with Gasteiger partial charge < -0.3 is 4.57 Å². The molecular weight excluding hydrogens is 185 g/mol. The second kappa shape index (κ2) is 4.75. The average Bonchev–Trinajstić information content (AvgIpc) is 2.50. The van der Waals surface area contributed by atoms with Gasteiger partial charge in [0.05, 0.1) is 0 Å². The first kappa shape index (κ1) is 9.90. The maximum absolute atomic E-state index is 8.51. The Morgan fingerprint density at radius 2 is 1.92 bits per heavy atom. The molecule has 1 aromatic carbocycles. The van der Waals surface area contributed by atoms with Crippen LogP contribution in [0.1, 0.15) is 0 Å². The predicted octanol–water partition coefficient (Wildman–Crippen LogP) is 2.10. The van der Waals surface area contributed by atoms with Crippen molar-refractivity contribution in [2.75, 3.05) is 0 Å². The van der Waals surface area contributed by atoms with Gasteiger partial charge in [-0.1, -0.05) is 18.2 Å². The van der Waals surface area contributed by atoms with Gasteiger partial charge in [-0.15, -0.1) is 0 Å². The summed E-state index contributed by atoms with van der Waals surface area (Å²) in [7, 11) is 0.891. The molecule has 0 aliphatic carbocycles. The molecule has 0 spiro atoms. The Morgan fingerprint density at radius 3 is 2.54 bits per heavy atom. The molecule has 0 bridgehead atoms. The maximum atomic E-state index is 8.51. The molecule has 68 valence electrons. The van der Waals surface area contributed by atoms with Crippen LogP contribution in [0.4, 0.5) is 0 Å². The SMILES string of the molecule is Cn1ccc2ccccc21.O=[PH+]O. The Labute approximate surface area is 77.9 Å². The summed E-state index contributed by atoms with van der Waals surface area (Å²) >= 11 is 0. The van der Waals surface area contributed by atoms with E-state index in [1.807, 2.05) is 0 Å². The van der Waals surface area contributed by atoms with Gasteiger partial charge in [-0.05, 0) is 22.1 Å². The second-order valence-corrected chi connectivity index (χ2v) is 2.76. The van der Waals surface area contributed by atoms with Crippen molar-refractivity contribution in [2.24, 2.45) is 7.05 Å². The van der Waals surface area contributed by atoms with Gasteiger partial charge in [0.2, 0.25) is 0 Å². The van der Waals surface area contributed by atoms with Gasteiger partial charge in [0.15, 0.2) is 0 Å². The third-order valence-corrected chi connectivity index (χ3v) is 1.79. The van der Waals surface area contributed by atoms with Crippen molar-refractivity contribution < 1.29 is 9.46 Å². The molecule has 0 aliphatic rings. The quantitative estimate of drug-likeness (QED) is 0.655. The van der Waals surface area contributed by atoms with Gasteiger partial charge in [0, 0.05) is 18.8 Å². The van der Waals surface area contributed by atoms with Crippen molar-refractivity contribution >= 4 is 19.6 Å². The molecule has 0 aliphatic heterocycles. The number of nitrogens with zero attached hydrogens (tertiary/aromatic N) is 1. The summed E-state index contributed by atoms with van der Waals surface area (Å²) < 4.78 is 10.6. The number of aromatic nitrogens is 1. The van der Waals surface area contributed by atoms with Gasteiger partial charge in [0.1, 0.15) is 0 Å². The molecule has 1 N–H and O–H groups in total. The summed E-state index contributed by atoms with van der Waals surface area (Å²) in [6, 6.07) is 10.5. The van der Waals surface area contributed by atoms with Gasteiger partial charge in [-0.25, -0.2) is 0 Å². The summed E-state index contributed by atoms with van der Waals surface area (Å²) in [4.78, 5) is 7.04. The van der Waals surface area contributed by atoms with E-state index in [9.17, 15) is 0 Å². The van der Waals surface area contributed by atoms with Crippen molar-refractivity contribution in [3.05, 3.63) is 36.5 Å². The number of fused-ring (bicyclic) bond motifs is 1. The van der Waals surface area contributed by atoms with E-state index in [4.69, 9.17) is 9.46 Å². The molecule has 3 nitrogen and oxygen atoms in total. The normalized spacial score (nSPS) is 9.69. The number of hydrogen-bond acceptors (Lipinski definition) is 1. The first-order valence-corrected chi connectivity index (χ1v) is 4.66. The Kier molecular flexibility index (Phi) is 3.62. The number of benzene rings is 1. The molecule has 0 saturated heterocycles. The third-order valence-electron chi connectivity index (χ3n) is 1.79. The molecule has 1 atom stereocenters. The zero-order valence-corrected chi connectivity index (χ0v) is 8.27. The van der Waals surface area contributed by atoms with Crippen LogP contribution >= 0.6 is 8.69 Å². The van der Waals surface area contributed by atoms with Crippen LogP contribution in [0.2, 0.25) is 0 Å². The van der Waals surface area contributed by atoms with E-state index in [2.05, 4.69) is 48.1 Å². The lowest BCUT2D eigenvalue weighted by Gasteiger charge is -1.92. The summed E-state index contributed by atoms with van der Waals surface area (Å²) in [5.41, 5.74) is 1.29. The zero-order valence-electron chi connectivity index (χ0n) is 7.27. The highest BCUT2D eigenvalue weighted by Crippen LogP contribution is 2.12. The molecule has 1 unspecified atom stereocenters. The number of para-hydroxylation sites is 1. The molecule has 4 heteroatoms. The molecule has 1 aromatic heterocycles. The second-order valence-electron chi connectivity index (χ2n) is 2.58. The van der Waals surface area contributed by atoms with Gasteiger partial charge in [-0.3, -0.25) is 0 Å². The Balaban J connectivity index is 0.000000251. The lowest BCUT2D eigenvalue weighted by molar-refractivity contribution is 0.524. The fourth-order valence-corrected chi connectivity index (χ4v) is 1.22. The number of aryl methyl sites for hydroxylation is 1. The van der Waals surface area contributed by atoms with E-state index >= 15 is 0 Å². The molecular formula is C9H11NO2P+. The largest absolute Gasteiger partial charge is 0.491 e. The molecule has 2 aromatic rings. The topological polar surface area (TPSA) is 42.2 Å². The summed E-state index contributed by atoms with van der Waals surface area (Å²) in [5, 5.41) is 1.31. The minimum Gasteiger partial charge on any atom is -0.351 e. The fraction of sp³-hybridized carbons (Fsp3) is 0.111. The van der Waals surface area contributed by atoms with Crippen molar-refractivity contribution in [3.8, 4) is 0 Å². The number of hydrogen-bond donors (Lipinski definition) is 1. The maximum Gasteiger partial charge on any atom is 0.491 e. The molecule has 0 fully saturated rings. The first-order valence-electron chi connectivity index (χ1n) is 3.81. The molecule has 2 rings (SSSR count). The summed E-state index contributed by atoms with van der Waals surface area (Å²) in [6.07, 6.45) is 2.07. The lowest BCUT2D eigenvalue weighted by Crippen LogP contribution is -1.81. The van der Waals surface area contributed by atoms with E-state index in [0.29, 0.717) is 0 Å². The van der Waals surface area contributed by atoms with Crippen molar-refractivity contribution in [1.29, 1.82) is 0 Å². The Bertz CT molecular complexity index is 397. The van der Waals surface area contributed by atoms with Crippen LogP contribution in [0.25, 0.3) is 10.9 Å². The Morgan fingerprint density at radius 1 is 1.31 bits per heavy atom. The molecule has 13 heavy (non-hydrogen) atoms. The third kappa shape index (κ3) is 2.38. The van der Waals surface area contributed by atoms with Crippen LogP contribution in [-0.4, -0.2) is 9.46 Å². The van der Waals surface area contributed by atoms with E-state index in [0.717, 1.165) is 0 Å². The summed E-state index contributed by atoms with van der Waals surface area (Å²) in [6.45, 7) is 0. The van der Waals surface area contributed by atoms with Gasteiger partial charge in [0.25, 0.3) is 0 Å². The van der Waals surface area contributed by atoms with Crippen molar-refractivity contribution in [2.45, 2.75) is 0 Å². The zero-order chi connectivity index (χ0) is 9.68. The number of rotatable bonds is 0. The van der Waals surface area contributed by atoms with Crippen LogP contribution in [0, 0.1) is 0 Å². The van der Waals surface area contributed by atoms with E-state index in [-0.39, 0.29) is 0 Å². The first-order chi connectivity index (χ1) is 6.29. The molecule has 0 saturated carbocycles. The minimum atomic E-state index is -1.17. The van der Waals surface area contributed by atoms with E-state index in [1.165, 1.54) is 10.9 Å². The average molecular weight is 196 g/mol. The Hall–Kier alpha value is -1.18. The van der Waals surface area contributed by atoms with Crippen molar-refractivity contribution in [3.63, 3.8) is 0 Å². The lowest BCUT2D eigenvalue weighted by atomic mass is 10.2. The standard InChI is InChI=1S/C9H9N.HO2P/c1-10-7-6-8-4-2-3-5-9(8)10;1-3-2/h2-7H,1H3;3H/p+1. The van der Waals surface area contributed by atoms with Crippen LogP contribution in [0.3, 0.4) is 0 Å². The smallest absolute Gasteiger partial charge is 0.351 e. The molecule has 0 amide bonds. The van der Waals surface area contributed by atoms with Crippen LogP contribution in [-0.2, 0) is 11.6 Å². The fourth-order valence-electron chi connectivity index (χ4n) is 1.22. The highest BCUT2D eigenvalue weighted by atomic mass is 31.1. The molecule has 1 heterocycles. The van der Waals surface area contributed by atoms with E-state index in [1.54, 1.807) is 0 Å². The summed E-state index contributed by atoms with van der Waals surface area (Å²) in [5.74, 6) is 0. The van der Waals surface area contributed by atoms with Crippen molar-refractivity contribution in [1.82, 2.24) is 4.57 Å².